The molecule has 1 aliphatic heterocycles. The number of nitrogens with one attached hydrogen (secondary N) is 1. The molecule has 176 valence electrons. The van der Waals surface area contributed by atoms with E-state index in [-0.39, 0.29) is 17.6 Å². The lowest BCUT2D eigenvalue weighted by Crippen LogP contribution is -2.50. The quantitative estimate of drug-likeness (QED) is 0.625. The fourth-order valence-electron chi connectivity index (χ4n) is 4.75. The predicted octanol–water partition coefficient (Wildman–Crippen LogP) is 2.91. The van der Waals surface area contributed by atoms with Gasteiger partial charge in [0, 0.05) is 18.7 Å². The largest absolute Gasteiger partial charge is 0.394 e. The molecule has 1 aliphatic carbocycles. The average molecular weight is 463 g/mol. The number of benzene rings is 1. The zero-order chi connectivity index (χ0) is 22.6. The lowest BCUT2D eigenvalue weighted by Gasteiger charge is -2.36. The number of nitrogens with zero attached hydrogens (tertiary/aromatic N) is 3. The third kappa shape index (κ3) is 5.75. The maximum absolute atomic E-state index is 12.7. The van der Waals surface area contributed by atoms with Crippen LogP contribution in [0.25, 0.3) is 0 Å². The number of hydrogen-bond acceptors (Lipinski definition) is 6. The number of aryl methyl sites for hydroxylation is 2. The minimum Gasteiger partial charge on any atom is -0.394 e. The Morgan fingerprint density at radius 3 is 2.59 bits per heavy atom. The zero-order valence-corrected chi connectivity index (χ0v) is 19.5. The van der Waals surface area contributed by atoms with E-state index in [1.807, 2.05) is 11.6 Å². The summed E-state index contributed by atoms with van der Waals surface area (Å²) in [6, 6.07) is 6.28. The van der Waals surface area contributed by atoms with Crippen LogP contribution in [0, 0.1) is 6.92 Å². The van der Waals surface area contributed by atoms with Gasteiger partial charge >= 0.3 is 0 Å². The van der Waals surface area contributed by atoms with Crippen molar-refractivity contribution in [2.75, 3.05) is 6.61 Å². The van der Waals surface area contributed by atoms with Crippen molar-refractivity contribution in [3.63, 3.8) is 0 Å². The maximum Gasteiger partial charge on any atom is 0.240 e. The standard InChI is InChI=1S/C23H34N4O4S/c1-17-7-10-20(11-8-17)32(29,30)25-21-12-9-19(31-23(21)16-28)13-14-27-15-22(24-26-27)18-5-3-2-4-6-18/h7-8,10-11,15,18-19,21,23,25,28H,2-6,9,12-14,16H2,1H3/t19-,21-,23-/m1/s1. The van der Waals surface area contributed by atoms with Crippen LogP contribution in [0.1, 0.15) is 68.5 Å². The molecular weight excluding hydrogens is 428 g/mol. The third-order valence-corrected chi connectivity index (χ3v) is 8.20. The normalized spacial score (nSPS) is 25.1. The molecule has 2 aliphatic rings. The summed E-state index contributed by atoms with van der Waals surface area (Å²) in [6.45, 7) is 2.38. The fraction of sp³-hybridized carbons (Fsp3) is 0.652. The Bertz CT molecular complexity index is 970. The molecule has 1 saturated heterocycles. The van der Waals surface area contributed by atoms with Crippen molar-refractivity contribution in [2.45, 2.75) is 93.9 Å². The van der Waals surface area contributed by atoms with Crippen molar-refractivity contribution in [1.29, 1.82) is 0 Å². The molecule has 0 amide bonds. The molecule has 2 N–H and O–H groups in total. The van der Waals surface area contributed by atoms with Crippen molar-refractivity contribution in [3.05, 3.63) is 41.7 Å². The molecule has 0 radical (unpaired) electrons. The lowest BCUT2D eigenvalue weighted by molar-refractivity contribution is -0.0891. The van der Waals surface area contributed by atoms with Crippen molar-refractivity contribution in [3.8, 4) is 0 Å². The highest BCUT2D eigenvalue weighted by molar-refractivity contribution is 7.89. The molecule has 0 unspecified atom stereocenters. The van der Waals surface area contributed by atoms with E-state index in [1.54, 1.807) is 24.3 Å². The van der Waals surface area contributed by atoms with Crippen LogP contribution < -0.4 is 4.72 Å². The van der Waals surface area contributed by atoms with Gasteiger partial charge in [0.15, 0.2) is 0 Å². The van der Waals surface area contributed by atoms with Gasteiger partial charge in [0.05, 0.1) is 35.4 Å². The molecule has 8 nitrogen and oxygen atoms in total. The van der Waals surface area contributed by atoms with Crippen LogP contribution in [0.5, 0.6) is 0 Å². The van der Waals surface area contributed by atoms with Crippen LogP contribution in [0.3, 0.4) is 0 Å². The number of aromatic nitrogens is 3. The molecule has 9 heteroatoms. The van der Waals surface area contributed by atoms with Gasteiger partial charge < -0.3 is 9.84 Å². The van der Waals surface area contributed by atoms with Gasteiger partial charge in [0.2, 0.25) is 10.0 Å². The Morgan fingerprint density at radius 2 is 1.88 bits per heavy atom. The highest BCUT2D eigenvalue weighted by Crippen LogP contribution is 2.31. The number of sulfonamides is 1. The van der Waals surface area contributed by atoms with E-state index in [1.165, 1.54) is 32.1 Å². The van der Waals surface area contributed by atoms with Crippen LogP contribution >= 0.6 is 0 Å². The summed E-state index contributed by atoms with van der Waals surface area (Å²) in [5, 5.41) is 18.5. The monoisotopic (exact) mass is 462 g/mol. The fourth-order valence-corrected chi connectivity index (χ4v) is 6.05. The molecule has 1 aromatic carbocycles. The van der Waals surface area contributed by atoms with Crippen molar-refractivity contribution in [2.24, 2.45) is 0 Å². The van der Waals surface area contributed by atoms with E-state index >= 15 is 0 Å². The molecule has 3 atom stereocenters. The summed E-state index contributed by atoms with van der Waals surface area (Å²) in [6.07, 6.45) is 9.78. The molecule has 2 fully saturated rings. The molecule has 4 rings (SSSR count). The summed E-state index contributed by atoms with van der Waals surface area (Å²) in [7, 11) is -3.66. The first-order valence-electron chi connectivity index (χ1n) is 11.7. The van der Waals surface area contributed by atoms with Gasteiger partial charge in [-0.05, 0) is 51.2 Å². The smallest absolute Gasteiger partial charge is 0.240 e. The summed E-state index contributed by atoms with van der Waals surface area (Å²) < 4.78 is 36.1. The number of rotatable bonds is 8. The van der Waals surface area contributed by atoms with Crippen molar-refractivity contribution in [1.82, 2.24) is 19.7 Å². The van der Waals surface area contributed by atoms with Gasteiger partial charge in [0.25, 0.3) is 0 Å². The molecule has 2 aromatic rings. The molecule has 1 saturated carbocycles. The van der Waals surface area contributed by atoms with E-state index in [4.69, 9.17) is 4.74 Å². The maximum atomic E-state index is 12.7. The van der Waals surface area contributed by atoms with Crippen molar-refractivity contribution >= 4 is 10.0 Å². The van der Waals surface area contributed by atoms with Gasteiger partial charge in [0.1, 0.15) is 0 Å². The van der Waals surface area contributed by atoms with Gasteiger partial charge in [-0.25, -0.2) is 13.1 Å². The summed E-state index contributed by atoms with van der Waals surface area (Å²) >= 11 is 0. The zero-order valence-electron chi connectivity index (χ0n) is 18.7. The summed E-state index contributed by atoms with van der Waals surface area (Å²) in [5.41, 5.74) is 2.09. The van der Waals surface area contributed by atoms with E-state index in [2.05, 4.69) is 21.2 Å². The van der Waals surface area contributed by atoms with Crippen LogP contribution in [0.2, 0.25) is 0 Å². The van der Waals surface area contributed by atoms with Gasteiger partial charge in [-0.2, -0.15) is 0 Å². The van der Waals surface area contributed by atoms with Crippen LogP contribution in [0.4, 0.5) is 0 Å². The second kappa shape index (κ2) is 10.4. The second-order valence-corrected chi connectivity index (χ2v) is 10.8. The minimum atomic E-state index is -3.66. The van der Waals surface area contributed by atoms with E-state index in [0.717, 1.165) is 24.1 Å². The van der Waals surface area contributed by atoms with Crippen LogP contribution in [-0.4, -0.2) is 53.4 Å². The molecular formula is C23H34N4O4S. The predicted molar refractivity (Wildman–Crippen MR) is 121 cm³/mol. The number of hydrogen-bond donors (Lipinski definition) is 2. The SMILES string of the molecule is Cc1ccc(S(=O)(=O)N[C@@H]2CC[C@H](CCn3cc(C4CCCCC4)nn3)O[C@@H]2CO)cc1. The summed E-state index contributed by atoms with van der Waals surface area (Å²) in [5.74, 6) is 0.532. The second-order valence-electron chi connectivity index (χ2n) is 9.13. The van der Waals surface area contributed by atoms with Crippen LogP contribution in [-0.2, 0) is 21.3 Å². The first kappa shape index (κ1) is 23.4. The Hall–Kier alpha value is -1.81. The van der Waals surface area contributed by atoms with E-state index in [9.17, 15) is 13.5 Å². The number of aliphatic hydroxyl groups is 1. The number of aliphatic hydroxyl groups excluding tert-OH is 1. The van der Waals surface area contributed by atoms with E-state index in [0.29, 0.717) is 18.9 Å². The molecule has 32 heavy (non-hydrogen) atoms. The molecule has 2 heterocycles. The minimum absolute atomic E-state index is 0.0467. The Morgan fingerprint density at radius 1 is 1.12 bits per heavy atom. The molecule has 1 aromatic heterocycles. The molecule has 0 bridgehead atoms. The first-order valence-corrected chi connectivity index (χ1v) is 13.2. The summed E-state index contributed by atoms with van der Waals surface area (Å²) in [4.78, 5) is 0.224. The number of ether oxygens (including phenoxy) is 1. The Labute approximate surface area is 190 Å². The Kier molecular flexibility index (Phi) is 7.60. The van der Waals surface area contributed by atoms with Gasteiger partial charge in [-0.3, -0.25) is 4.68 Å². The highest BCUT2D eigenvalue weighted by atomic mass is 32.2. The highest BCUT2D eigenvalue weighted by Gasteiger charge is 2.34. The first-order chi connectivity index (χ1) is 15.4. The average Bonchev–Trinajstić information content (AvgIpc) is 3.28. The Balaban J connectivity index is 1.30. The van der Waals surface area contributed by atoms with Crippen molar-refractivity contribution < 1.29 is 18.3 Å². The lowest BCUT2D eigenvalue weighted by atomic mass is 9.87. The van der Waals surface area contributed by atoms with E-state index < -0.39 is 22.2 Å². The third-order valence-electron chi connectivity index (χ3n) is 6.69. The molecule has 0 spiro atoms. The van der Waals surface area contributed by atoms with Gasteiger partial charge in [-0.15, -0.1) is 5.10 Å². The topological polar surface area (TPSA) is 106 Å². The van der Waals surface area contributed by atoms with Crippen LogP contribution in [0.15, 0.2) is 35.4 Å². The van der Waals surface area contributed by atoms with Gasteiger partial charge in [-0.1, -0.05) is 42.2 Å².